The second-order valence-electron chi connectivity index (χ2n) is 7.21. The molecule has 2 saturated heterocycles. The Balaban J connectivity index is 1.55. The van der Waals surface area contributed by atoms with Crippen LogP contribution in [0.4, 0.5) is 0 Å². The predicted octanol–water partition coefficient (Wildman–Crippen LogP) is 1.78. The van der Waals surface area contributed by atoms with Gasteiger partial charge in [-0.25, -0.2) is 0 Å². The zero-order chi connectivity index (χ0) is 21.1. The largest absolute Gasteiger partial charge is 0.493 e. The Labute approximate surface area is 174 Å². The summed E-state index contributed by atoms with van der Waals surface area (Å²) in [6.45, 7) is 1.58. The van der Waals surface area contributed by atoms with E-state index in [0.717, 1.165) is 5.56 Å². The zero-order valence-corrected chi connectivity index (χ0v) is 16.8. The van der Waals surface area contributed by atoms with Gasteiger partial charge in [0.1, 0.15) is 24.4 Å². The number of carbonyl (C=O) groups is 1. The quantitative estimate of drug-likeness (QED) is 0.769. The van der Waals surface area contributed by atoms with Crippen molar-refractivity contribution >= 4 is 5.91 Å². The Morgan fingerprint density at radius 3 is 2.47 bits per heavy atom. The second kappa shape index (κ2) is 9.01. The molecule has 0 unspecified atom stereocenters. The van der Waals surface area contributed by atoms with Crippen LogP contribution in [0.3, 0.4) is 0 Å². The van der Waals surface area contributed by atoms with Crippen LogP contribution in [-0.2, 0) is 19.0 Å². The van der Waals surface area contributed by atoms with E-state index in [0.29, 0.717) is 11.5 Å². The van der Waals surface area contributed by atoms with Crippen molar-refractivity contribution < 1.29 is 33.6 Å². The summed E-state index contributed by atoms with van der Waals surface area (Å²) in [7, 11) is 1.53. The van der Waals surface area contributed by atoms with E-state index in [4.69, 9.17) is 23.7 Å². The van der Waals surface area contributed by atoms with E-state index in [-0.39, 0.29) is 12.5 Å². The number of hydrogen-bond acceptors (Lipinski definition) is 7. The van der Waals surface area contributed by atoms with Crippen LogP contribution >= 0.6 is 0 Å². The normalized spacial score (nSPS) is 30.8. The fourth-order valence-corrected chi connectivity index (χ4v) is 3.70. The summed E-state index contributed by atoms with van der Waals surface area (Å²) in [5.41, 5.74) is 0.839. The molecule has 2 aliphatic heterocycles. The van der Waals surface area contributed by atoms with Crippen LogP contribution in [0.1, 0.15) is 18.8 Å². The van der Waals surface area contributed by atoms with Gasteiger partial charge in [-0.1, -0.05) is 42.5 Å². The van der Waals surface area contributed by atoms with E-state index in [2.05, 4.69) is 5.32 Å². The molecule has 0 saturated carbocycles. The Morgan fingerprint density at radius 2 is 1.77 bits per heavy atom. The molecule has 0 bridgehead atoms. The number of benzene rings is 2. The van der Waals surface area contributed by atoms with Crippen molar-refractivity contribution in [2.24, 2.45) is 0 Å². The summed E-state index contributed by atoms with van der Waals surface area (Å²) in [5.74, 6) is 0.631. The minimum atomic E-state index is -1.07. The second-order valence-corrected chi connectivity index (χ2v) is 7.21. The minimum Gasteiger partial charge on any atom is -0.493 e. The van der Waals surface area contributed by atoms with Crippen molar-refractivity contribution in [3.8, 4) is 11.5 Å². The number of hydrogen-bond donors (Lipinski definition) is 2. The number of fused-ring (bicyclic) bond motifs is 1. The molecule has 2 aromatic carbocycles. The first-order chi connectivity index (χ1) is 14.6. The first-order valence-corrected chi connectivity index (χ1v) is 9.79. The van der Waals surface area contributed by atoms with Crippen LogP contribution in [0, 0.1) is 0 Å². The Bertz CT molecular complexity index is 862. The molecule has 4 rings (SSSR count). The summed E-state index contributed by atoms with van der Waals surface area (Å²) >= 11 is 0. The molecule has 1 amide bonds. The molecule has 0 aliphatic carbocycles. The molecule has 2 aliphatic rings. The number of methoxy groups -OCH3 is 1. The fraction of sp³-hybridized carbons (Fsp3) is 0.409. The summed E-state index contributed by atoms with van der Waals surface area (Å²) in [5, 5.41) is 13.8. The summed E-state index contributed by atoms with van der Waals surface area (Å²) in [6.07, 6.45) is -3.91. The van der Waals surface area contributed by atoms with Gasteiger partial charge in [0.15, 0.2) is 17.8 Å². The molecular formula is C22H25NO7. The molecule has 2 heterocycles. The highest BCUT2D eigenvalue weighted by Crippen LogP contribution is 2.36. The van der Waals surface area contributed by atoms with Gasteiger partial charge in [-0.3, -0.25) is 4.79 Å². The van der Waals surface area contributed by atoms with Crippen LogP contribution in [0.5, 0.6) is 11.5 Å². The highest BCUT2D eigenvalue weighted by molar-refractivity contribution is 5.73. The lowest BCUT2D eigenvalue weighted by molar-refractivity contribution is -0.333. The molecule has 160 valence electrons. The third kappa shape index (κ3) is 4.27. The van der Waals surface area contributed by atoms with Crippen molar-refractivity contribution in [2.45, 2.75) is 43.9 Å². The predicted molar refractivity (Wildman–Crippen MR) is 106 cm³/mol. The van der Waals surface area contributed by atoms with Crippen LogP contribution in [0.25, 0.3) is 0 Å². The number of amides is 1. The lowest BCUT2D eigenvalue weighted by Gasteiger charge is -2.47. The molecular weight excluding hydrogens is 390 g/mol. The van der Waals surface area contributed by atoms with Gasteiger partial charge in [-0.2, -0.15) is 0 Å². The van der Waals surface area contributed by atoms with Gasteiger partial charge >= 0.3 is 0 Å². The van der Waals surface area contributed by atoms with Crippen molar-refractivity contribution in [2.75, 3.05) is 13.7 Å². The van der Waals surface area contributed by atoms with Gasteiger partial charge in [-0.15, -0.1) is 0 Å². The monoisotopic (exact) mass is 415 g/mol. The van der Waals surface area contributed by atoms with Gasteiger partial charge in [0.2, 0.25) is 12.2 Å². The molecule has 2 aromatic rings. The third-order valence-corrected chi connectivity index (χ3v) is 5.12. The molecule has 0 aromatic heterocycles. The van der Waals surface area contributed by atoms with E-state index in [9.17, 15) is 9.90 Å². The number of aliphatic hydroxyl groups excluding tert-OH is 1. The lowest BCUT2D eigenvalue weighted by Crippen LogP contribution is -2.67. The summed E-state index contributed by atoms with van der Waals surface area (Å²) < 4.78 is 29.2. The van der Waals surface area contributed by atoms with Gasteiger partial charge in [0, 0.05) is 12.5 Å². The van der Waals surface area contributed by atoms with Gasteiger partial charge in [0.25, 0.3) is 0 Å². The van der Waals surface area contributed by atoms with Crippen LogP contribution in [0.15, 0.2) is 54.6 Å². The Kier molecular flexibility index (Phi) is 6.19. The first kappa shape index (κ1) is 20.6. The smallest absolute Gasteiger partial charge is 0.223 e. The molecule has 2 fully saturated rings. The highest BCUT2D eigenvalue weighted by Gasteiger charge is 2.50. The van der Waals surface area contributed by atoms with Crippen molar-refractivity contribution in [3.63, 3.8) is 0 Å². The maximum Gasteiger partial charge on any atom is 0.223 e. The molecule has 8 nitrogen and oxygen atoms in total. The standard InChI is InChI=1S/C22H25NO7/c1-13(24)23-18-19(25)20-17(12-27-21(30-20)14-8-4-3-5-9-14)29-22(18)28-16-11-7-6-10-15(16)26-2/h3-11,17-22,25H,12H2,1-2H3,(H,23,24)/t17-,18-,19+,20+,21+,22-/m1/s1. The number of ether oxygens (including phenoxy) is 5. The van der Waals surface area contributed by atoms with Crippen molar-refractivity contribution in [1.29, 1.82) is 0 Å². The average molecular weight is 415 g/mol. The Morgan fingerprint density at radius 1 is 1.07 bits per heavy atom. The van der Waals surface area contributed by atoms with Crippen LogP contribution in [0.2, 0.25) is 0 Å². The number of aliphatic hydroxyl groups is 1. The summed E-state index contributed by atoms with van der Waals surface area (Å²) in [6, 6.07) is 15.7. The van der Waals surface area contributed by atoms with Crippen molar-refractivity contribution in [1.82, 2.24) is 5.32 Å². The zero-order valence-electron chi connectivity index (χ0n) is 16.8. The fourth-order valence-electron chi connectivity index (χ4n) is 3.70. The first-order valence-electron chi connectivity index (χ1n) is 9.79. The van der Waals surface area contributed by atoms with Crippen LogP contribution < -0.4 is 14.8 Å². The SMILES string of the molecule is COc1ccccc1O[C@@H]1O[C@@H]2CO[C@H](c3ccccc3)O[C@@H]2[C@@H](O)[C@H]1NC(C)=O. The lowest BCUT2D eigenvalue weighted by atomic mass is 9.95. The van der Waals surface area contributed by atoms with E-state index in [1.165, 1.54) is 14.0 Å². The average Bonchev–Trinajstić information content (AvgIpc) is 2.77. The molecule has 0 spiro atoms. The summed E-state index contributed by atoms with van der Waals surface area (Å²) in [4.78, 5) is 11.8. The topological polar surface area (TPSA) is 95.5 Å². The van der Waals surface area contributed by atoms with E-state index >= 15 is 0 Å². The highest BCUT2D eigenvalue weighted by atomic mass is 16.7. The van der Waals surface area contributed by atoms with Gasteiger partial charge in [0.05, 0.1) is 13.7 Å². The van der Waals surface area contributed by atoms with Gasteiger partial charge in [-0.05, 0) is 12.1 Å². The number of carbonyl (C=O) groups excluding carboxylic acids is 1. The van der Waals surface area contributed by atoms with E-state index < -0.39 is 36.9 Å². The maximum absolute atomic E-state index is 11.8. The van der Waals surface area contributed by atoms with Crippen molar-refractivity contribution in [3.05, 3.63) is 60.2 Å². The van der Waals surface area contributed by atoms with Crippen LogP contribution in [-0.4, -0.2) is 55.4 Å². The van der Waals surface area contributed by atoms with E-state index in [1.54, 1.807) is 18.2 Å². The molecule has 2 N–H and O–H groups in total. The molecule has 30 heavy (non-hydrogen) atoms. The molecule has 6 atom stereocenters. The molecule has 0 radical (unpaired) electrons. The third-order valence-electron chi connectivity index (χ3n) is 5.12. The number of rotatable bonds is 5. The van der Waals surface area contributed by atoms with Gasteiger partial charge < -0.3 is 34.1 Å². The Hall–Kier alpha value is -2.65. The number of nitrogens with one attached hydrogen (secondary N) is 1. The van der Waals surface area contributed by atoms with E-state index in [1.807, 2.05) is 36.4 Å². The number of para-hydroxylation sites is 2. The minimum absolute atomic E-state index is 0.208. The maximum atomic E-state index is 11.8. The molecule has 8 heteroatoms.